The van der Waals surface area contributed by atoms with Gasteiger partial charge in [-0.3, -0.25) is 19.4 Å². The topological polar surface area (TPSA) is 40.4 Å². The van der Waals surface area contributed by atoms with E-state index in [1.54, 1.807) is 12.7 Å². The van der Waals surface area contributed by atoms with Crippen LogP contribution in [0.4, 0.5) is 0 Å². The molecule has 2 aromatic rings. The highest BCUT2D eigenvalue weighted by molar-refractivity contribution is 7.10. The maximum Gasteiger partial charge on any atom is 0.137 e. The van der Waals surface area contributed by atoms with Crippen LogP contribution in [0.1, 0.15) is 23.3 Å². The minimum absolute atomic E-state index is 0.935. The molecule has 25 heavy (non-hydrogen) atoms. The number of aromatic nitrogens is 3. The molecule has 136 valence electrons. The molecule has 2 saturated heterocycles. The van der Waals surface area contributed by atoms with Gasteiger partial charge in [-0.2, -0.15) is 5.10 Å². The average Bonchev–Trinajstić information content (AvgIpc) is 3.38. The summed E-state index contributed by atoms with van der Waals surface area (Å²) < 4.78 is 1.92. The molecule has 0 amide bonds. The smallest absolute Gasteiger partial charge is 0.137 e. The molecule has 0 radical (unpaired) electrons. The molecule has 0 spiro atoms. The van der Waals surface area contributed by atoms with E-state index in [4.69, 9.17) is 0 Å². The summed E-state index contributed by atoms with van der Waals surface area (Å²) >= 11 is 1.94. The third kappa shape index (κ3) is 4.88. The second kappa shape index (κ2) is 8.40. The lowest BCUT2D eigenvalue weighted by atomic mass is 10.2. The van der Waals surface area contributed by atoms with Gasteiger partial charge in [0.05, 0.1) is 6.54 Å². The fraction of sp³-hybridized carbons (Fsp3) is 0.667. The Morgan fingerprint density at radius 3 is 2.40 bits per heavy atom. The Balaban J connectivity index is 1.18. The standard InChI is InChI=1S/C18H28N6S/c1-2-4-22(3-1)12-17-11-18(25-14-17)13-23-7-5-21(6-8-23)9-10-24-16-19-15-20-24/h11,14-16H,1-10,12-13H2. The summed E-state index contributed by atoms with van der Waals surface area (Å²) in [6, 6.07) is 2.43. The van der Waals surface area contributed by atoms with Crippen molar-refractivity contribution in [3.63, 3.8) is 0 Å². The third-order valence-electron chi connectivity index (χ3n) is 5.27. The van der Waals surface area contributed by atoms with Crippen molar-refractivity contribution in [2.75, 3.05) is 45.8 Å². The fourth-order valence-electron chi connectivity index (χ4n) is 3.77. The Labute approximate surface area is 154 Å². The van der Waals surface area contributed by atoms with Gasteiger partial charge in [0.25, 0.3) is 0 Å². The zero-order valence-electron chi connectivity index (χ0n) is 14.9. The van der Waals surface area contributed by atoms with Crippen LogP contribution in [0, 0.1) is 0 Å². The molecular weight excluding hydrogens is 332 g/mol. The number of hydrogen-bond acceptors (Lipinski definition) is 6. The first kappa shape index (κ1) is 17.1. The van der Waals surface area contributed by atoms with E-state index in [9.17, 15) is 0 Å². The normalized spacial score (nSPS) is 20.5. The Hall–Kier alpha value is -1.28. The van der Waals surface area contributed by atoms with Crippen LogP contribution in [0.5, 0.6) is 0 Å². The Morgan fingerprint density at radius 1 is 0.880 bits per heavy atom. The van der Waals surface area contributed by atoms with E-state index in [1.807, 2.05) is 16.0 Å². The van der Waals surface area contributed by atoms with E-state index in [0.717, 1.165) is 52.4 Å². The van der Waals surface area contributed by atoms with Crippen molar-refractivity contribution in [3.8, 4) is 0 Å². The van der Waals surface area contributed by atoms with Crippen molar-refractivity contribution in [2.24, 2.45) is 0 Å². The number of nitrogens with zero attached hydrogens (tertiary/aromatic N) is 6. The maximum atomic E-state index is 4.18. The average molecular weight is 361 g/mol. The summed E-state index contributed by atoms with van der Waals surface area (Å²) in [5.41, 5.74) is 1.51. The zero-order valence-corrected chi connectivity index (χ0v) is 15.7. The SMILES string of the molecule is c1ncn(CCN2CCN(Cc3cc(CN4CCCC4)cs3)CC2)n1. The van der Waals surface area contributed by atoms with Crippen LogP contribution in [0.3, 0.4) is 0 Å². The zero-order chi connectivity index (χ0) is 16.9. The maximum absolute atomic E-state index is 4.18. The highest BCUT2D eigenvalue weighted by atomic mass is 32.1. The number of thiophene rings is 1. The first-order chi connectivity index (χ1) is 12.3. The first-order valence-electron chi connectivity index (χ1n) is 9.41. The quantitative estimate of drug-likeness (QED) is 0.752. The molecule has 2 fully saturated rings. The summed E-state index contributed by atoms with van der Waals surface area (Å²) in [4.78, 5) is 13.2. The molecule has 0 bridgehead atoms. The van der Waals surface area contributed by atoms with Gasteiger partial charge in [-0.25, -0.2) is 4.98 Å². The van der Waals surface area contributed by atoms with Gasteiger partial charge < -0.3 is 0 Å². The van der Waals surface area contributed by atoms with E-state index >= 15 is 0 Å². The third-order valence-corrected chi connectivity index (χ3v) is 6.24. The van der Waals surface area contributed by atoms with Gasteiger partial charge in [0, 0.05) is 50.7 Å². The fourth-order valence-corrected chi connectivity index (χ4v) is 4.70. The number of hydrogen-bond donors (Lipinski definition) is 0. The van der Waals surface area contributed by atoms with Gasteiger partial charge in [0.2, 0.25) is 0 Å². The highest BCUT2D eigenvalue weighted by Crippen LogP contribution is 2.20. The van der Waals surface area contributed by atoms with E-state index in [1.165, 1.54) is 36.4 Å². The molecule has 2 aliphatic rings. The lowest BCUT2D eigenvalue weighted by molar-refractivity contribution is 0.124. The van der Waals surface area contributed by atoms with Crippen LogP contribution in [0.25, 0.3) is 0 Å². The number of rotatable bonds is 7. The predicted octanol–water partition coefficient (Wildman–Crippen LogP) is 1.75. The summed E-state index contributed by atoms with van der Waals surface area (Å²) in [6.45, 7) is 11.5. The van der Waals surface area contributed by atoms with E-state index < -0.39 is 0 Å². The molecule has 4 rings (SSSR count). The van der Waals surface area contributed by atoms with E-state index in [2.05, 4.69) is 36.2 Å². The monoisotopic (exact) mass is 360 g/mol. The molecule has 7 heteroatoms. The Kier molecular flexibility index (Phi) is 5.76. The second-order valence-corrected chi connectivity index (χ2v) is 8.18. The van der Waals surface area contributed by atoms with Gasteiger partial charge in [-0.05, 0) is 42.9 Å². The molecule has 4 heterocycles. The molecule has 2 aliphatic heterocycles. The van der Waals surface area contributed by atoms with Crippen LogP contribution < -0.4 is 0 Å². The summed E-state index contributed by atoms with van der Waals surface area (Å²) in [7, 11) is 0. The van der Waals surface area contributed by atoms with Crippen molar-refractivity contribution >= 4 is 11.3 Å². The largest absolute Gasteiger partial charge is 0.299 e. The summed E-state index contributed by atoms with van der Waals surface area (Å²) in [6.07, 6.45) is 6.15. The van der Waals surface area contributed by atoms with Gasteiger partial charge in [-0.1, -0.05) is 0 Å². The number of piperazine rings is 1. The van der Waals surface area contributed by atoms with Crippen molar-refractivity contribution in [3.05, 3.63) is 34.5 Å². The summed E-state index contributed by atoms with van der Waals surface area (Å²) in [5.74, 6) is 0. The molecule has 0 saturated carbocycles. The minimum Gasteiger partial charge on any atom is -0.299 e. The van der Waals surface area contributed by atoms with Gasteiger partial charge in [-0.15, -0.1) is 11.3 Å². The first-order valence-corrected chi connectivity index (χ1v) is 10.3. The summed E-state index contributed by atoms with van der Waals surface area (Å²) in [5, 5.41) is 6.54. The van der Waals surface area contributed by atoms with Crippen LogP contribution in [0.15, 0.2) is 24.1 Å². The van der Waals surface area contributed by atoms with Crippen molar-refractivity contribution in [1.29, 1.82) is 0 Å². The second-order valence-electron chi connectivity index (χ2n) is 7.18. The van der Waals surface area contributed by atoms with E-state index in [-0.39, 0.29) is 0 Å². The van der Waals surface area contributed by atoms with Gasteiger partial charge >= 0.3 is 0 Å². The molecule has 6 nitrogen and oxygen atoms in total. The number of likely N-dealkylation sites (tertiary alicyclic amines) is 1. The molecule has 0 N–H and O–H groups in total. The van der Waals surface area contributed by atoms with Crippen LogP contribution in [-0.2, 0) is 19.6 Å². The molecule has 0 aliphatic carbocycles. The molecular formula is C18H28N6S. The van der Waals surface area contributed by atoms with Crippen molar-refractivity contribution in [2.45, 2.75) is 32.5 Å². The molecule has 0 aromatic carbocycles. The Bertz CT molecular complexity index is 626. The van der Waals surface area contributed by atoms with Crippen molar-refractivity contribution < 1.29 is 0 Å². The van der Waals surface area contributed by atoms with Crippen LogP contribution in [-0.4, -0.2) is 75.3 Å². The highest BCUT2D eigenvalue weighted by Gasteiger charge is 2.18. The molecule has 2 aromatic heterocycles. The van der Waals surface area contributed by atoms with Crippen molar-refractivity contribution in [1.82, 2.24) is 29.5 Å². The lowest BCUT2D eigenvalue weighted by Gasteiger charge is -2.34. The molecule has 0 unspecified atom stereocenters. The Morgan fingerprint density at radius 2 is 1.64 bits per heavy atom. The van der Waals surface area contributed by atoms with Crippen LogP contribution in [0.2, 0.25) is 0 Å². The molecule has 0 atom stereocenters. The lowest BCUT2D eigenvalue weighted by Crippen LogP contribution is -2.46. The van der Waals surface area contributed by atoms with E-state index in [0.29, 0.717) is 0 Å². The van der Waals surface area contributed by atoms with Gasteiger partial charge in [0.1, 0.15) is 12.7 Å². The predicted molar refractivity (Wildman–Crippen MR) is 101 cm³/mol. The van der Waals surface area contributed by atoms with Gasteiger partial charge in [0.15, 0.2) is 0 Å². The van der Waals surface area contributed by atoms with Crippen LogP contribution >= 0.6 is 11.3 Å². The minimum atomic E-state index is 0.935.